The van der Waals surface area contributed by atoms with E-state index < -0.39 is 0 Å². The van der Waals surface area contributed by atoms with Crippen molar-refractivity contribution in [1.82, 2.24) is 5.32 Å². The lowest BCUT2D eigenvalue weighted by molar-refractivity contribution is -0.121. The van der Waals surface area contributed by atoms with Gasteiger partial charge in [0.2, 0.25) is 5.91 Å². The van der Waals surface area contributed by atoms with Crippen molar-refractivity contribution in [3.8, 4) is 5.75 Å². The fourth-order valence-electron chi connectivity index (χ4n) is 3.03. The van der Waals surface area contributed by atoms with Crippen molar-refractivity contribution < 1.29 is 14.3 Å². The fourth-order valence-corrected chi connectivity index (χ4v) is 3.03. The number of aryl methyl sites for hydroxylation is 1. The Balaban J connectivity index is 1.40. The Labute approximate surface area is 172 Å². The maximum atomic E-state index is 12.2. The van der Waals surface area contributed by atoms with Crippen LogP contribution in [0.3, 0.4) is 0 Å². The summed E-state index contributed by atoms with van der Waals surface area (Å²) in [5, 5.41) is 3.00. The van der Waals surface area contributed by atoms with Crippen molar-refractivity contribution in [3.63, 3.8) is 0 Å². The van der Waals surface area contributed by atoms with Crippen molar-refractivity contribution in [2.24, 2.45) is 0 Å². The molecule has 0 saturated heterocycles. The molecule has 0 unspecified atom stereocenters. The zero-order valence-corrected chi connectivity index (χ0v) is 16.8. The SMILES string of the molecule is COc1ccc(CCC(=O)NCc2cccc(COCc3ccccc3)c2)cc1. The van der Waals surface area contributed by atoms with Crippen LogP contribution in [0.2, 0.25) is 0 Å². The van der Waals surface area contributed by atoms with E-state index in [1.807, 2.05) is 60.7 Å². The van der Waals surface area contributed by atoms with Gasteiger partial charge in [-0.1, -0.05) is 66.7 Å². The van der Waals surface area contributed by atoms with Crippen LogP contribution in [0.5, 0.6) is 5.75 Å². The Hall–Kier alpha value is -3.11. The first-order valence-corrected chi connectivity index (χ1v) is 9.82. The smallest absolute Gasteiger partial charge is 0.220 e. The van der Waals surface area contributed by atoms with Gasteiger partial charge in [-0.15, -0.1) is 0 Å². The van der Waals surface area contributed by atoms with Crippen molar-refractivity contribution >= 4 is 5.91 Å². The number of amides is 1. The van der Waals surface area contributed by atoms with Gasteiger partial charge in [0.15, 0.2) is 0 Å². The summed E-state index contributed by atoms with van der Waals surface area (Å²) >= 11 is 0. The maximum absolute atomic E-state index is 12.2. The molecule has 4 nitrogen and oxygen atoms in total. The van der Waals surface area contributed by atoms with Crippen LogP contribution in [0.4, 0.5) is 0 Å². The van der Waals surface area contributed by atoms with E-state index in [4.69, 9.17) is 9.47 Å². The summed E-state index contributed by atoms with van der Waals surface area (Å²) in [6.07, 6.45) is 1.18. The van der Waals surface area contributed by atoms with Crippen molar-refractivity contribution in [1.29, 1.82) is 0 Å². The molecule has 0 aliphatic heterocycles. The quantitative estimate of drug-likeness (QED) is 0.549. The predicted octanol–water partition coefficient (Wildman–Crippen LogP) is 4.66. The van der Waals surface area contributed by atoms with Crippen LogP contribution < -0.4 is 10.1 Å². The van der Waals surface area contributed by atoms with Crippen LogP contribution in [0.15, 0.2) is 78.9 Å². The van der Waals surface area contributed by atoms with E-state index in [2.05, 4.69) is 23.5 Å². The summed E-state index contributed by atoms with van der Waals surface area (Å²) in [4.78, 5) is 12.2. The highest BCUT2D eigenvalue weighted by Gasteiger charge is 2.04. The van der Waals surface area contributed by atoms with Gasteiger partial charge >= 0.3 is 0 Å². The van der Waals surface area contributed by atoms with Crippen molar-refractivity contribution in [3.05, 3.63) is 101 Å². The topological polar surface area (TPSA) is 47.6 Å². The lowest BCUT2D eigenvalue weighted by atomic mass is 10.1. The number of benzene rings is 3. The highest BCUT2D eigenvalue weighted by molar-refractivity contribution is 5.76. The number of nitrogens with one attached hydrogen (secondary N) is 1. The molecule has 0 radical (unpaired) electrons. The minimum absolute atomic E-state index is 0.0477. The Bertz CT molecular complexity index is 891. The molecule has 0 aliphatic rings. The molecule has 0 aromatic heterocycles. The number of carbonyl (C=O) groups is 1. The third kappa shape index (κ3) is 7.09. The van der Waals surface area contributed by atoms with E-state index >= 15 is 0 Å². The Morgan fingerprint density at radius 2 is 1.48 bits per heavy atom. The van der Waals surface area contributed by atoms with Crippen molar-refractivity contribution in [2.45, 2.75) is 32.6 Å². The monoisotopic (exact) mass is 389 g/mol. The molecule has 0 fully saturated rings. The van der Waals surface area contributed by atoms with E-state index in [0.717, 1.165) is 28.0 Å². The summed E-state index contributed by atoms with van der Waals surface area (Å²) in [5.74, 6) is 0.873. The van der Waals surface area contributed by atoms with Gasteiger partial charge in [0.25, 0.3) is 0 Å². The molecule has 1 amide bonds. The highest BCUT2D eigenvalue weighted by Crippen LogP contribution is 2.13. The average molecular weight is 389 g/mol. The van der Waals surface area contributed by atoms with Crippen LogP contribution in [-0.4, -0.2) is 13.0 Å². The van der Waals surface area contributed by atoms with Crippen LogP contribution in [-0.2, 0) is 35.7 Å². The van der Waals surface area contributed by atoms with E-state index in [1.54, 1.807) is 7.11 Å². The molecule has 3 rings (SSSR count). The second-order valence-electron chi connectivity index (χ2n) is 6.92. The maximum Gasteiger partial charge on any atom is 0.220 e. The zero-order chi connectivity index (χ0) is 20.3. The van der Waals surface area contributed by atoms with Crippen molar-refractivity contribution in [2.75, 3.05) is 7.11 Å². The molecule has 3 aromatic rings. The van der Waals surface area contributed by atoms with E-state index in [0.29, 0.717) is 32.6 Å². The third-order valence-electron chi connectivity index (χ3n) is 4.66. The second kappa shape index (κ2) is 11.0. The Kier molecular flexibility index (Phi) is 7.84. The number of hydrogen-bond acceptors (Lipinski definition) is 3. The largest absolute Gasteiger partial charge is 0.497 e. The summed E-state index contributed by atoms with van der Waals surface area (Å²) in [6, 6.07) is 26.1. The summed E-state index contributed by atoms with van der Waals surface area (Å²) in [5.41, 5.74) is 4.46. The number of ether oxygens (including phenoxy) is 2. The molecule has 1 N–H and O–H groups in total. The molecule has 0 aliphatic carbocycles. The molecule has 0 heterocycles. The lowest BCUT2D eigenvalue weighted by Gasteiger charge is -2.09. The second-order valence-corrected chi connectivity index (χ2v) is 6.92. The minimum Gasteiger partial charge on any atom is -0.497 e. The normalized spacial score (nSPS) is 10.5. The summed E-state index contributed by atoms with van der Waals surface area (Å²) in [7, 11) is 1.65. The molecule has 0 saturated carbocycles. The molecule has 0 bridgehead atoms. The van der Waals surface area contributed by atoms with Crippen LogP contribution >= 0.6 is 0 Å². The number of carbonyl (C=O) groups excluding carboxylic acids is 1. The lowest BCUT2D eigenvalue weighted by Crippen LogP contribution is -2.23. The van der Waals surface area contributed by atoms with E-state index in [1.165, 1.54) is 0 Å². The number of rotatable bonds is 10. The first-order chi connectivity index (χ1) is 14.2. The number of methoxy groups -OCH3 is 1. The predicted molar refractivity (Wildman–Crippen MR) is 115 cm³/mol. The van der Waals surface area contributed by atoms with Crippen LogP contribution in [0, 0.1) is 0 Å². The van der Waals surface area contributed by atoms with Gasteiger partial charge in [0, 0.05) is 13.0 Å². The molecule has 0 spiro atoms. The van der Waals surface area contributed by atoms with E-state index in [-0.39, 0.29) is 5.91 Å². The summed E-state index contributed by atoms with van der Waals surface area (Å²) in [6.45, 7) is 1.66. The standard InChI is InChI=1S/C25H27NO3/c1-28-24-13-10-20(11-14-24)12-15-25(27)26-17-22-8-5-9-23(16-22)19-29-18-21-6-3-2-4-7-21/h2-11,13-14,16H,12,15,17-19H2,1H3,(H,26,27). The molecule has 0 atom stereocenters. The van der Waals surface area contributed by atoms with Gasteiger partial charge in [-0.25, -0.2) is 0 Å². The highest BCUT2D eigenvalue weighted by atomic mass is 16.5. The molecule has 29 heavy (non-hydrogen) atoms. The van der Waals surface area contributed by atoms with Gasteiger partial charge in [0.1, 0.15) is 5.75 Å². The fraction of sp³-hybridized carbons (Fsp3) is 0.240. The summed E-state index contributed by atoms with van der Waals surface area (Å²) < 4.78 is 10.9. The van der Waals surface area contributed by atoms with E-state index in [9.17, 15) is 4.79 Å². The average Bonchev–Trinajstić information content (AvgIpc) is 2.77. The Morgan fingerprint density at radius 1 is 0.793 bits per heavy atom. The third-order valence-corrected chi connectivity index (χ3v) is 4.66. The van der Waals surface area contributed by atoms with Gasteiger partial charge in [-0.05, 0) is 40.8 Å². The molecular formula is C25H27NO3. The Morgan fingerprint density at radius 3 is 2.24 bits per heavy atom. The first-order valence-electron chi connectivity index (χ1n) is 9.82. The van der Waals surface area contributed by atoms with Gasteiger partial charge < -0.3 is 14.8 Å². The van der Waals surface area contributed by atoms with Gasteiger partial charge in [-0.3, -0.25) is 4.79 Å². The minimum atomic E-state index is 0.0477. The molecular weight excluding hydrogens is 362 g/mol. The molecule has 3 aromatic carbocycles. The first kappa shape index (κ1) is 20.6. The van der Waals surface area contributed by atoms with Gasteiger partial charge in [0.05, 0.1) is 20.3 Å². The molecule has 150 valence electrons. The molecule has 4 heteroatoms. The zero-order valence-electron chi connectivity index (χ0n) is 16.8. The van der Waals surface area contributed by atoms with Crippen LogP contribution in [0.1, 0.15) is 28.7 Å². The van der Waals surface area contributed by atoms with Gasteiger partial charge in [-0.2, -0.15) is 0 Å². The number of hydrogen-bond donors (Lipinski definition) is 1. The van der Waals surface area contributed by atoms with Crippen LogP contribution in [0.25, 0.3) is 0 Å².